The van der Waals surface area contributed by atoms with E-state index in [9.17, 15) is 0 Å². The third kappa shape index (κ3) is 4.84. The molecule has 128 valence electrons. The zero-order chi connectivity index (χ0) is 17.5. The Labute approximate surface area is 148 Å². The summed E-state index contributed by atoms with van der Waals surface area (Å²) in [6.07, 6.45) is 5.58. The maximum Gasteiger partial charge on any atom is 0.222 e. The SMILES string of the molecule is CC(c1ccccn1)N(C)Cc1cnc(NCc2ccccc2)nc1. The molecular formula is C20H23N5. The molecule has 5 heteroatoms. The van der Waals surface area contributed by atoms with Gasteiger partial charge in [-0.15, -0.1) is 0 Å². The average Bonchev–Trinajstić information content (AvgIpc) is 2.68. The number of rotatable bonds is 7. The fourth-order valence-electron chi connectivity index (χ4n) is 2.58. The van der Waals surface area contributed by atoms with Crippen LogP contribution < -0.4 is 5.32 Å². The largest absolute Gasteiger partial charge is 0.350 e. The average molecular weight is 333 g/mol. The van der Waals surface area contributed by atoms with Gasteiger partial charge < -0.3 is 5.32 Å². The molecule has 0 aliphatic carbocycles. The molecule has 0 bridgehead atoms. The first-order valence-corrected chi connectivity index (χ1v) is 8.42. The second-order valence-corrected chi connectivity index (χ2v) is 6.10. The van der Waals surface area contributed by atoms with Crippen molar-refractivity contribution in [2.45, 2.75) is 26.1 Å². The lowest BCUT2D eigenvalue weighted by Gasteiger charge is -2.24. The van der Waals surface area contributed by atoms with E-state index < -0.39 is 0 Å². The van der Waals surface area contributed by atoms with E-state index in [2.05, 4.69) is 51.3 Å². The van der Waals surface area contributed by atoms with Gasteiger partial charge in [-0.1, -0.05) is 36.4 Å². The standard InChI is InChI=1S/C20H23N5/c1-16(19-10-6-7-11-21-19)25(2)15-18-13-23-20(24-14-18)22-12-17-8-4-3-5-9-17/h3-11,13-14,16H,12,15H2,1-2H3,(H,22,23,24). The molecule has 1 aromatic carbocycles. The minimum absolute atomic E-state index is 0.233. The van der Waals surface area contributed by atoms with Gasteiger partial charge in [0.15, 0.2) is 0 Å². The van der Waals surface area contributed by atoms with E-state index in [0.29, 0.717) is 5.95 Å². The number of hydrogen-bond acceptors (Lipinski definition) is 5. The highest BCUT2D eigenvalue weighted by Gasteiger charge is 2.13. The van der Waals surface area contributed by atoms with E-state index in [-0.39, 0.29) is 6.04 Å². The molecule has 0 amide bonds. The lowest BCUT2D eigenvalue weighted by atomic mass is 10.2. The van der Waals surface area contributed by atoms with Crippen LogP contribution in [0.25, 0.3) is 0 Å². The number of pyridine rings is 1. The van der Waals surface area contributed by atoms with Crippen LogP contribution in [0.5, 0.6) is 0 Å². The smallest absolute Gasteiger partial charge is 0.222 e. The predicted octanol–water partition coefficient (Wildman–Crippen LogP) is 3.68. The maximum absolute atomic E-state index is 4.43. The van der Waals surface area contributed by atoms with Crippen LogP contribution in [-0.4, -0.2) is 26.9 Å². The van der Waals surface area contributed by atoms with Gasteiger partial charge in [0.1, 0.15) is 0 Å². The van der Waals surface area contributed by atoms with E-state index in [0.717, 1.165) is 24.3 Å². The Kier molecular flexibility index (Phi) is 5.69. The summed E-state index contributed by atoms with van der Waals surface area (Å²) in [7, 11) is 2.08. The van der Waals surface area contributed by atoms with Crippen LogP contribution >= 0.6 is 0 Å². The second-order valence-electron chi connectivity index (χ2n) is 6.10. The Hall–Kier alpha value is -2.79. The molecule has 0 saturated carbocycles. The quantitative estimate of drug-likeness (QED) is 0.715. The van der Waals surface area contributed by atoms with Crippen molar-refractivity contribution in [3.05, 3.63) is 83.9 Å². The third-order valence-electron chi connectivity index (χ3n) is 4.21. The summed E-state index contributed by atoms with van der Waals surface area (Å²) in [6.45, 7) is 3.65. The maximum atomic E-state index is 4.43. The zero-order valence-electron chi connectivity index (χ0n) is 14.6. The summed E-state index contributed by atoms with van der Waals surface area (Å²) in [5.41, 5.74) is 3.35. The molecule has 0 fully saturated rings. The summed E-state index contributed by atoms with van der Waals surface area (Å²) >= 11 is 0. The topological polar surface area (TPSA) is 53.9 Å². The van der Waals surface area contributed by atoms with E-state index in [1.54, 1.807) is 0 Å². The Balaban J connectivity index is 1.55. The first-order valence-electron chi connectivity index (χ1n) is 8.42. The molecule has 0 spiro atoms. The number of nitrogens with one attached hydrogen (secondary N) is 1. The van der Waals surface area contributed by atoms with Crippen LogP contribution in [0.15, 0.2) is 67.1 Å². The Morgan fingerprint density at radius 2 is 1.64 bits per heavy atom. The van der Waals surface area contributed by atoms with Gasteiger partial charge in [-0.25, -0.2) is 9.97 Å². The van der Waals surface area contributed by atoms with Gasteiger partial charge in [0, 0.05) is 43.3 Å². The van der Waals surface area contributed by atoms with Crippen molar-refractivity contribution in [1.82, 2.24) is 19.9 Å². The summed E-state index contributed by atoms with van der Waals surface area (Å²) in [5, 5.41) is 3.24. The fraction of sp³-hybridized carbons (Fsp3) is 0.250. The molecule has 1 N–H and O–H groups in total. The molecule has 0 saturated heterocycles. The second kappa shape index (κ2) is 8.35. The molecule has 0 aliphatic heterocycles. The number of nitrogens with zero attached hydrogens (tertiary/aromatic N) is 4. The number of hydrogen-bond donors (Lipinski definition) is 1. The predicted molar refractivity (Wildman–Crippen MR) is 99.9 cm³/mol. The molecule has 25 heavy (non-hydrogen) atoms. The molecule has 0 aliphatic rings. The molecule has 5 nitrogen and oxygen atoms in total. The Bertz CT molecular complexity index is 759. The van der Waals surface area contributed by atoms with Crippen molar-refractivity contribution in [3.63, 3.8) is 0 Å². The number of benzene rings is 1. The first-order chi connectivity index (χ1) is 12.2. The van der Waals surface area contributed by atoms with Crippen molar-refractivity contribution >= 4 is 5.95 Å². The summed E-state index contributed by atoms with van der Waals surface area (Å²) in [6, 6.07) is 16.5. The highest BCUT2D eigenvalue weighted by molar-refractivity contribution is 5.28. The fourth-order valence-corrected chi connectivity index (χ4v) is 2.58. The van der Waals surface area contributed by atoms with Gasteiger partial charge in [0.05, 0.1) is 5.69 Å². The van der Waals surface area contributed by atoms with Crippen LogP contribution in [0.3, 0.4) is 0 Å². The molecule has 0 radical (unpaired) electrons. The Morgan fingerprint density at radius 3 is 2.32 bits per heavy atom. The summed E-state index contributed by atoms with van der Waals surface area (Å²) in [4.78, 5) is 15.5. The van der Waals surface area contributed by atoms with Crippen molar-refractivity contribution in [2.75, 3.05) is 12.4 Å². The minimum Gasteiger partial charge on any atom is -0.350 e. The minimum atomic E-state index is 0.233. The lowest BCUT2D eigenvalue weighted by molar-refractivity contribution is 0.248. The number of anilines is 1. The van der Waals surface area contributed by atoms with Crippen molar-refractivity contribution < 1.29 is 0 Å². The van der Waals surface area contributed by atoms with E-state index in [4.69, 9.17) is 0 Å². The van der Waals surface area contributed by atoms with Crippen molar-refractivity contribution in [2.24, 2.45) is 0 Å². The summed E-state index contributed by atoms with van der Waals surface area (Å²) in [5.74, 6) is 0.646. The lowest BCUT2D eigenvalue weighted by Crippen LogP contribution is -2.22. The van der Waals surface area contributed by atoms with Crippen LogP contribution in [0.2, 0.25) is 0 Å². The van der Waals surface area contributed by atoms with E-state index in [1.807, 2.05) is 55.0 Å². The molecule has 1 unspecified atom stereocenters. The van der Waals surface area contributed by atoms with Crippen LogP contribution in [0.4, 0.5) is 5.95 Å². The highest BCUT2D eigenvalue weighted by Crippen LogP contribution is 2.18. The zero-order valence-corrected chi connectivity index (χ0v) is 14.6. The molecular weight excluding hydrogens is 310 g/mol. The van der Waals surface area contributed by atoms with Crippen LogP contribution in [0.1, 0.15) is 29.8 Å². The normalized spacial score (nSPS) is 12.1. The molecule has 2 heterocycles. The van der Waals surface area contributed by atoms with Gasteiger partial charge in [0.25, 0.3) is 0 Å². The van der Waals surface area contributed by atoms with Gasteiger partial charge in [-0.05, 0) is 31.7 Å². The molecule has 1 atom stereocenters. The van der Waals surface area contributed by atoms with Gasteiger partial charge in [-0.3, -0.25) is 9.88 Å². The van der Waals surface area contributed by atoms with Gasteiger partial charge >= 0.3 is 0 Å². The highest BCUT2D eigenvalue weighted by atomic mass is 15.1. The van der Waals surface area contributed by atoms with Crippen molar-refractivity contribution in [1.29, 1.82) is 0 Å². The summed E-state index contributed by atoms with van der Waals surface area (Å²) < 4.78 is 0. The molecule has 2 aromatic heterocycles. The first kappa shape index (κ1) is 17.0. The van der Waals surface area contributed by atoms with Gasteiger partial charge in [-0.2, -0.15) is 0 Å². The molecule has 3 aromatic rings. The Morgan fingerprint density at radius 1 is 0.920 bits per heavy atom. The molecule has 3 rings (SSSR count). The number of aromatic nitrogens is 3. The van der Waals surface area contributed by atoms with Crippen molar-refractivity contribution in [3.8, 4) is 0 Å². The van der Waals surface area contributed by atoms with Crippen LogP contribution in [-0.2, 0) is 13.1 Å². The van der Waals surface area contributed by atoms with Crippen LogP contribution in [0, 0.1) is 0 Å². The van der Waals surface area contributed by atoms with E-state index in [1.165, 1.54) is 5.56 Å². The third-order valence-corrected chi connectivity index (χ3v) is 4.21. The monoisotopic (exact) mass is 333 g/mol. The van der Waals surface area contributed by atoms with E-state index >= 15 is 0 Å². The van der Waals surface area contributed by atoms with Gasteiger partial charge in [0.2, 0.25) is 5.95 Å².